The number of benzene rings is 1. The fourth-order valence-corrected chi connectivity index (χ4v) is 2.88. The summed E-state index contributed by atoms with van der Waals surface area (Å²) in [6, 6.07) is 9.16. The van der Waals surface area contributed by atoms with Crippen molar-refractivity contribution >= 4 is 5.91 Å². The second-order valence-corrected chi connectivity index (χ2v) is 6.61. The summed E-state index contributed by atoms with van der Waals surface area (Å²) in [5.41, 5.74) is 2.65. The minimum atomic E-state index is 0.287. The number of aryl methyl sites for hydroxylation is 1. The first kappa shape index (κ1) is 16.0. The van der Waals surface area contributed by atoms with Gasteiger partial charge < -0.3 is 10.2 Å². The van der Waals surface area contributed by atoms with E-state index in [4.69, 9.17) is 0 Å². The SMILES string of the molecule is CC(C)Cc1ccc(CCC(=O)N2CCN[C@H](C)C2)cc1. The zero-order valence-electron chi connectivity index (χ0n) is 13.6. The van der Waals surface area contributed by atoms with E-state index in [0.717, 1.165) is 32.5 Å². The monoisotopic (exact) mass is 288 g/mol. The van der Waals surface area contributed by atoms with Crippen LogP contribution >= 0.6 is 0 Å². The highest BCUT2D eigenvalue weighted by atomic mass is 16.2. The topological polar surface area (TPSA) is 32.3 Å². The van der Waals surface area contributed by atoms with Gasteiger partial charge in [-0.1, -0.05) is 38.1 Å². The van der Waals surface area contributed by atoms with Crippen LogP contribution in [-0.4, -0.2) is 36.5 Å². The highest BCUT2D eigenvalue weighted by Gasteiger charge is 2.19. The van der Waals surface area contributed by atoms with Crippen molar-refractivity contribution in [2.24, 2.45) is 5.92 Å². The molecule has 0 aliphatic carbocycles. The fourth-order valence-electron chi connectivity index (χ4n) is 2.88. The Morgan fingerprint density at radius 1 is 1.29 bits per heavy atom. The Bertz CT molecular complexity index is 453. The van der Waals surface area contributed by atoms with Crippen molar-refractivity contribution in [1.82, 2.24) is 10.2 Å². The molecular weight excluding hydrogens is 260 g/mol. The van der Waals surface area contributed by atoms with Crippen LogP contribution in [0.4, 0.5) is 0 Å². The summed E-state index contributed by atoms with van der Waals surface area (Å²) >= 11 is 0. The zero-order chi connectivity index (χ0) is 15.2. The lowest BCUT2D eigenvalue weighted by Gasteiger charge is -2.32. The predicted molar refractivity (Wildman–Crippen MR) is 87.3 cm³/mol. The van der Waals surface area contributed by atoms with Gasteiger partial charge in [-0.3, -0.25) is 4.79 Å². The molecule has 0 radical (unpaired) electrons. The number of piperazine rings is 1. The van der Waals surface area contributed by atoms with Gasteiger partial charge in [0, 0.05) is 32.1 Å². The number of amides is 1. The number of nitrogens with one attached hydrogen (secondary N) is 1. The van der Waals surface area contributed by atoms with Crippen LogP contribution in [0.25, 0.3) is 0 Å². The molecule has 1 saturated heterocycles. The van der Waals surface area contributed by atoms with Gasteiger partial charge in [0.25, 0.3) is 0 Å². The van der Waals surface area contributed by atoms with Crippen LogP contribution in [0.15, 0.2) is 24.3 Å². The third-order valence-electron chi connectivity index (χ3n) is 4.02. The van der Waals surface area contributed by atoms with Crippen molar-refractivity contribution in [3.05, 3.63) is 35.4 Å². The molecule has 1 aliphatic heterocycles. The summed E-state index contributed by atoms with van der Waals surface area (Å²) in [5, 5.41) is 3.37. The summed E-state index contributed by atoms with van der Waals surface area (Å²) in [7, 11) is 0. The van der Waals surface area contributed by atoms with Crippen molar-refractivity contribution in [3.8, 4) is 0 Å². The zero-order valence-corrected chi connectivity index (χ0v) is 13.6. The minimum Gasteiger partial charge on any atom is -0.340 e. The number of rotatable bonds is 5. The van der Waals surface area contributed by atoms with Gasteiger partial charge in [0.1, 0.15) is 0 Å². The number of nitrogens with zero attached hydrogens (tertiary/aromatic N) is 1. The predicted octanol–water partition coefficient (Wildman–Crippen LogP) is 2.64. The highest BCUT2D eigenvalue weighted by molar-refractivity contribution is 5.76. The number of carbonyl (C=O) groups excluding carboxylic acids is 1. The van der Waals surface area contributed by atoms with Crippen LogP contribution in [0.3, 0.4) is 0 Å². The molecule has 1 aromatic carbocycles. The van der Waals surface area contributed by atoms with Gasteiger partial charge in [-0.15, -0.1) is 0 Å². The Morgan fingerprint density at radius 2 is 1.95 bits per heavy atom. The Balaban J connectivity index is 1.80. The third-order valence-corrected chi connectivity index (χ3v) is 4.02. The van der Waals surface area contributed by atoms with Crippen LogP contribution in [0, 0.1) is 5.92 Å². The smallest absolute Gasteiger partial charge is 0.222 e. The largest absolute Gasteiger partial charge is 0.340 e. The van der Waals surface area contributed by atoms with Gasteiger partial charge in [-0.2, -0.15) is 0 Å². The average molecular weight is 288 g/mol. The van der Waals surface area contributed by atoms with Gasteiger partial charge in [0.05, 0.1) is 0 Å². The van der Waals surface area contributed by atoms with E-state index in [-0.39, 0.29) is 5.91 Å². The minimum absolute atomic E-state index is 0.287. The van der Waals surface area contributed by atoms with Gasteiger partial charge in [-0.25, -0.2) is 0 Å². The molecule has 1 heterocycles. The molecule has 2 rings (SSSR count). The molecule has 1 atom stereocenters. The molecule has 3 heteroatoms. The quantitative estimate of drug-likeness (QED) is 0.903. The molecular formula is C18H28N2O. The second kappa shape index (κ2) is 7.60. The maximum absolute atomic E-state index is 12.2. The van der Waals surface area contributed by atoms with Crippen LogP contribution in [-0.2, 0) is 17.6 Å². The lowest BCUT2D eigenvalue weighted by molar-refractivity contribution is -0.132. The number of carbonyl (C=O) groups is 1. The summed E-state index contributed by atoms with van der Waals surface area (Å²) in [5.74, 6) is 0.974. The van der Waals surface area contributed by atoms with Crippen LogP contribution in [0.5, 0.6) is 0 Å². The molecule has 0 unspecified atom stereocenters. The van der Waals surface area contributed by atoms with E-state index in [9.17, 15) is 4.79 Å². The van der Waals surface area contributed by atoms with E-state index < -0.39 is 0 Å². The Labute approximate surface area is 128 Å². The lowest BCUT2D eigenvalue weighted by Crippen LogP contribution is -2.51. The van der Waals surface area contributed by atoms with Crippen molar-refractivity contribution in [2.75, 3.05) is 19.6 Å². The molecule has 0 bridgehead atoms. The molecule has 3 nitrogen and oxygen atoms in total. The molecule has 0 aromatic heterocycles. The molecule has 1 fully saturated rings. The van der Waals surface area contributed by atoms with Gasteiger partial charge >= 0.3 is 0 Å². The van der Waals surface area contributed by atoms with E-state index in [1.54, 1.807) is 0 Å². The van der Waals surface area contributed by atoms with Crippen LogP contribution < -0.4 is 5.32 Å². The van der Waals surface area contributed by atoms with E-state index in [1.165, 1.54) is 11.1 Å². The highest BCUT2D eigenvalue weighted by Crippen LogP contribution is 2.12. The van der Waals surface area contributed by atoms with Crippen molar-refractivity contribution in [3.63, 3.8) is 0 Å². The molecule has 116 valence electrons. The summed E-state index contributed by atoms with van der Waals surface area (Å²) in [6.45, 7) is 9.20. The van der Waals surface area contributed by atoms with Crippen molar-refractivity contribution < 1.29 is 4.79 Å². The van der Waals surface area contributed by atoms with Crippen LogP contribution in [0.1, 0.15) is 38.3 Å². The van der Waals surface area contributed by atoms with E-state index in [0.29, 0.717) is 18.4 Å². The molecule has 0 saturated carbocycles. The van der Waals surface area contributed by atoms with Gasteiger partial charge in [0.2, 0.25) is 5.91 Å². The first-order valence-corrected chi connectivity index (χ1v) is 8.13. The van der Waals surface area contributed by atoms with Crippen molar-refractivity contribution in [1.29, 1.82) is 0 Å². The standard InChI is InChI=1S/C18H28N2O/c1-14(2)12-17-6-4-16(5-7-17)8-9-18(21)20-11-10-19-15(3)13-20/h4-7,14-15,19H,8-13H2,1-3H3/t15-/m1/s1. The summed E-state index contributed by atoms with van der Waals surface area (Å²) < 4.78 is 0. The first-order chi connectivity index (χ1) is 10.0. The van der Waals surface area contributed by atoms with Gasteiger partial charge in [-0.05, 0) is 36.8 Å². The fraction of sp³-hybridized carbons (Fsp3) is 0.611. The Kier molecular flexibility index (Phi) is 5.80. The summed E-state index contributed by atoms with van der Waals surface area (Å²) in [6.07, 6.45) is 2.59. The molecule has 1 N–H and O–H groups in total. The molecule has 1 amide bonds. The lowest BCUT2D eigenvalue weighted by atomic mass is 10.0. The maximum Gasteiger partial charge on any atom is 0.222 e. The molecule has 1 aliphatic rings. The van der Waals surface area contributed by atoms with Crippen molar-refractivity contribution in [2.45, 2.75) is 46.1 Å². The Morgan fingerprint density at radius 3 is 2.57 bits per heavy atom. The van der Waals surface area contributed by atoms with Crippen LogP contribution in [0.2, 0.25) is 0 Å². The number of hydrogen-bond donors (Lipinski definition) is 1. The molecule has 21 heavy (non-hydrogen) atoms. The Hall–Kier alpha value is -1.35. The number of hydrogen-bond acceptors (Lipinski definition) is 2. The molecule has 0 spiro atoms. The van der Waals surface area contributed by atoms with E-state index >= 15 is 0 Å². The van der Waals surface area contributed by atoms with Gasteiger partial charge in [0.15, 0.2) is 0 Å². The second-order valence-electron chi connectivity index (χ2n) is 6.61. The first-order valence-electron chi connectivity index (χ1n) is 8.13. The van der Waals surface area contributed by atoms with E-state index in [2.05, 4.69) is 50.4 Å². The normalized spacial score (nSPS) is 19.0. The van der Waals surface area contributed by atoms with E-state index in [1.807, 2.05) is 4.90 Å². The maximum atomic E-state index is 12.2. The average Bonchev–Trinajstić information content (AvgIpc) is 2.45. The molecule has 1 aromatic rings. The summed E-state index contributed by atoms with van der Waals surface area (Å²) in [4.78, 5) is 14.2. The third kappa shape index (κ3) is 5.16.